The molecule has 2 aromatic heterocycles. The van der Waals surface area contributed by atoms with Crippen LogP contribution in [0.25, 0.3) is 0 Å². The number of aryl methyl sites for hydroxylation is 2. The number of imidazole rings is 1. The molecule has 0 fully saturated rings. The number of nitrogens with one attached hydrogen (secondary N) is 1. The number of hydrogen-bond acceptors (Lipinski definition) is 5. The van der Waals surface area contributed by atoms with Crippen LogP contribution in [0.3, 0.4) is 0 Å². The highest BCUT2D eigenvalue weighted by atomic mass is 32.2. The van der Waals surface area contributed by atoms with Gasteiger partial charge in [0.05, 0.1) is 5.69 Å². The van der Waals surface area contributed by atoms with E-state index in [1.807, 2.05) is 19.2 Å². The smallest absolute Gasteiger partial charge is 0.250 e. The number of aromatic nitrogens is 2. The molecule has 5 nitrogen and oxygen atoms in total. The van der Waals surface area contributed by atoms with Crippen LogP contribution < -0.4 is 4.72 Å². The molecule has 0 atom stereocenters. The molecule has 114 valence electrons. The van der Waals surface area contributed by atoms with E-state index in [-0.39, 0.29) is 0 Å². The molecule has 1 aliphatic rings. The van der Waals surface area contributed by atoms with E-state index >= 15 is 0 Å². The first kappa shape index (κ1) is 15.1. The van der Waals surface area contributed by atoms with Gasteiger partial charge in [0.2, 0.25) is 10.0 Å². The second-order valence-corrected chi connectivity index (χ2v) is 9.00. The molecule has 0 amide bonds. The van der Waals surface area contributed by atoms with E-state index < -0.39 is 10.0 Å². The Morgan fingerprint density at radius 2 is 2.29 bits per heavy atom. The molecule has 0 unspecified atom stereocenters. The molecule has 3 rings (SSSR count). The van der Waals surface area contributed by atoms with Crippen LogP contribution in [-0.4, -0.2) is 30.3 Å². The second kappa shape index (κ2) is 6.12. The third-order valence-electron chi connectivity index (χ3n) is 3.28. The molecule has 1 N–H and O–H groups in total. The van der Waals surface area contributed by atoms with Crippen molar-refractivity contribution in [3.05, 3.63) is 28.9 Å². The van der Waals surface area contributed by atoms with Gasteiger partial charge in [0, 0.05) is 36.3 Å². The monoisotopic (exact) mass is 343 g/mol. The number of thiophene rings is 1. The number of thioether (sulfide) groups is 1. The van der Waals surface area contributed by atoms with E-state index in [0.717, 1.165) is 34.4 Å². The Bertz CT molecular complexity index is 712. The molecular formula is C13H17N3O2S3. The fourth-order valence-corrected chi connectivity index (χ4v) is 5.49. The zero-order valence-corrected chi connectivity index (χ0v) is 14.2. The lowest BCUT2D eigenvalue weighted by Crippen LogP contribution is -2.25. The molecule has 0 saturated carbocycles. The Labute approximate surface area is 132 Å². The lowest BCUT2D eigenvalue weighted by molar-refractivity contribution is 0.583. The molecule has 0 aliphatic carbocycles. The molecule has 0 bridgehead atoms. The van der Waals surface area contributed by atoms with Crippen LogP contribution in [0, 0.1) is 0 Å². The van der Waals surface area contributed by atoms with E-state index in [9.17, 15) is 8.42 Å². The van der Waals surface area contributed by atoms with Gasteiger partial charge < -0.3 is 4.57 Å². The maximum absolute atomic E-state index is 12.2. The van der Waals surface area contributed by atoms with Crippen LogP contribution in [0.5, 0.6) is 0 Å². The van der Waals surface area contributed by atoms with Crippen LogP contribution in [0.4, 0.5) is 0 Å². The second-order valence-electron chi connectivity index (χ2n) is 4.78. The quantitative estimate of drug-likeness (QED) is 0.873. The summed E-state index contributed by atoms with van der Waals surface area (Å²) in [6, 6.07) is 3.55. The third kappa shape index (κ3) is 3.33. The van der Waals surface area contributed by atoms with Crippen molar-refractivity contribution in [1.29, 1.82) is 0 Å². The molecule has 8 heteroatoms. The molecule has 3 heterocycles. The number of fused-ring (bicyclic) bond motifs is 1. The van der Waals surface area contributed by atoms with Crippen molar-refractivity contribution in [3.63, 3.8) is 0 Å². The number of hydrogen-bond donors (Lipinski definition) is 1. The lowest BCUT2D eigenvalue weighted by atomic mass is 10.3. The minimum atomic E-state index is -3.39. The van der Waals surface area contributed by atoms with Crippen molar-refractivity contribution in [1.82, 2.24) is 14.3 Å². The molecular weight excluding hydrogens is 326 g/mol. The van der Waals surface area contributed by atoms with E-state index in [4.69, 9.17) is 0 Å². The minimum absolute atomic E-state index is 0.378. The van der Waals surface area contributed by atoms with Gasteiger partial charge in [-0.2, -0.15) is 0 Å². The Kier molecular flexibility index (Phi) is 4.39. The first-order chi connectivity index (χ1) is 10.1. The van der Waals surface area contributed by atoms with Crippen molar-refractivity contribution in [2.75, 3.05) is 12.3 Å². The summed E-state index contributed by atoms with van der Waals surface area (Å²) in [4.78, 5) is 5.58. The van der Waals surface area contributed by atoms with Gasteiger partial charge >= 0.3 is 0 Å². The Morgan fingerprint density at radius 3 is 3.00 bits per heavy atom. The average molecular weight is 343 g/mol. The molecule has 2 aromatic rings. The fraction of sp³-hybridized carbons (Fsp3) is 0.462. The highest BCUT2D eigenvalue weighted by molar-refractivity contribution is 7.99. The third-order valence-corrected chi connectivity index (χ3v) is 7.43. The van der Waals surface area contributed by atoms with Crippen molar-refractivity contribution in [2.45, 2.75) is 35.7 Å². The van der Waals surface area contributed by atoms with E-state index in [1.54, 1.807) is 17.8 Å². The van der Waals surface area contributed by atoms with Crippen LogP contribution in [0.2, 0.25) is 0 Å². The first-order valence-electron chi connectivity index (χ1n) is 6.86. The van der Waals surface area contributed by atoms with Gasteiger partial charge in [-0.3, -0.25) is 0 Å². The number of rotatable bonds is 6. The summed E-state index contributed by atoms with van der Waals surface area (Å²) in [6.07, 6.45) is 3.49. The van der Waals surface area contributed by atoms with Gasteiger partial charge in [0.1, 0.15) is 4.21 Å². The van der Waals surface area contributed by atoms with Crippen molar-refractivity contribution in [2.24, 2.45) is 0 Å². The number of sulfonamides is 1. The minimum Gasteiger partial charge on any atom is -0.325 e. The topological polar surface area (TPSA) is 64.0 Å². The van der Waals surface area contributed by atoms with Gasteiger partial charge in [-0.15, -0.1) is 11.3 Å². The van der Waals surface area contributed by atoms with E-state index in [1.165, 1.54) is 11.3 Å². The Hall–Kier alpha value is -0.830. The van der Waals surface area contributed by atoms with Crippen LogP contribution >= 0.6 is 23.1 Å². The highest BCUT2D eigenvalue weighted by Crippen LogP contribution is 2.25. The molecule has 0 radical (unpaired) electrons. The van der Waals surface area contributed by atoms with Gasteiger partial charge in [-0.05, 0) is 18.6 Å². The molecule has 21 heavy (non-hydrogen) atoms. The molecule has 0 saturated heterocycles. The summed E-state index contributed by atoms with van der Waals surface area (Å²) in [6.45, 7) is 3.39. The van der Waals surface area contributed by atoms with E-state index in [2.05, 4.69) is 14.3 Å². The highest BCUT2D eigenvalue weighted by Gasteiger charge is 2.17. The number of nitrogens with zero attached hydrogens (tertiary/aromatic N) is 2. The maximum Gasteiger partial charge on any atom is 0.250 e. The average Bonchev–Trinajstić information content (AvgIpc) is 3.13. The zero-order chi connectivity index (χ0) is 14.9. The zero-order valence-electron chi connectivity index (χ0n) is 11.7. The normalized spacial score (nSPS) is 14.5. The summed E-state index contributed by atoms with van der Waals surface area (Å²) in [5, 5.41) is 1.04. The Balaban J connectivity index is 1.58. The van der Waals surface area contributed by atoms with Crippen molar-refractivity contribution < 1.29 is 8.42 Å². The SMILES string of the molecule is CCc1ccc(S(=O)(=O)NCCc2cn3c(n2)SCC3)s1. The predicted octanol–water partition coefficient (Wildman–Crippen LogP) is 2.13. The van der Waals surface area contributed by atoms with Crippen LogP contribution in [0.15, 0.2) is 27.7 Å². The summed E-state index contributed by atoms with van der Waals surface area (Å²) in [7, 11) is -3.39. The predicted molar refractivity (Wildman–Crippen MR) is 85.5 cm³/mol. The van der Waals surface area contributed by atoms with Gasteiger partial charge in [-0.1, -0.05) is 18.7 Å². The molecule has 1 aliphatic heterocycles. The van der Waals surface area contributed by atoms with Gasteiger partial charge in [-0.25, -0.2) is 18.1 Å². The summed E-state index contributed by atoms with van der Waals surface area (Å²) in [5.41, 5.74) is 0.945. The molecule has 0 aromatic carbocycles. The van der Waals surface area contributed by atoms with Gasteiger partial charge in [0.15, 0.2) is 5.16 Å². The first-order valence-corrected chi connectivity index (χ1v) is 10.1. The summed E-state index contributed by atoms with van der Waals surface area (Å²) >= 11 is 3.08. The van der Waals surface area contributed by atoms with Crippen molar-refractivity contribution in [3.8, 4) is 0 Å². The lowest BCUT2D eigenvalue weighted by Gasteiger charge is -2.03. The molecule has 0 spiro atoms. The van der Waals surface area contributed by atoms with E-state index in [0.29, 0.717) is 17.2 Å². The summed E-state index contributed by atoms with van der Waals surface area (Å²) in [5.74, 6) is 1.08. The standard InChI is InChI=1S/C13H17N3O2S3/c1-2-11-3-4-12(20-11)21(17,18)14-6-5-10-9-16-7-8-19-13(16)15-10/h3-4,9,14H,2,5-8H2,1H3. The largest absolute Gasteiger partial charge is 0.325 e. The maximum atomic E-state index is 12.2. The Morgan fingerprint density at radius 1 is 1.43 bits per heavy atom. The van der Waals surface area contributed by atoms with Crippen molar-refractivity contribution >= 4 is 33.1 Å². The van der Waals surface area contributed by atoms with Crippen LogP contribution in [-0.2, 0) is 29.4 Å². The van der Waals surface area contributed by atoms with Crippen LogP contribution in [0.1, 0.15) is 17.5 Å². The summed E-state index contributed by atoms with van der Waals surface area (Å²) < 4.78 is 29.5. The van der Waals surface area contributed by atoms with Gasteiger partial charge in [0.25, 0.3) is 0 Å². The fourth-order valence-electron chi connectivity index (χ4n) is 2.16.